The highest BCUT2D eigenvalue weighted by Gasteiger charge is 2.30. The lowest BCUT2D eigenvalue weighted by atomic mass is 10.1. The number of carbonyl (C=O) groups excluding carboxylic acids is 1. The van der Waals surface area contributed by atoms with Gasteiger partial charge in [0, 0.05) is 29.6 Å². The molecule has 2 amide bonds. The summed E-state index contributed by atoms with van der Waals surface area (Å²) in [5, 5.41) is 9.81. The molecule has 0 saturated carbocycles. The Morgan fingerprint density at radius 1 is 0.906 bits per heavy atom. The third-order valence-electron chi connectivity index (χ3n) is 4.75. The summed E-state index contributed by atoms with van der Waals surface area (Å²) in [4.78, 5) is 12.3. The number of aromatic nitrogens is 2. The number of para-hydroxylation sites is 1. The Morgan fingerprint density at radius 2 is 1.59 bits per heavy atom. The zero-order chi connectivity index (χ0) is 22.6. The van der Waals surface area contributed by atoms with Gasteiger partial charge in [-0.25, -0.2) is 9.48 Å². The van der Waals surface area contributed by atoms with Crippen molar-refractivity contribution in [3.8, 4) is 16.9 Å². The van der Waals surface area contributed by atoms with Gasteiger partial charge in [0.1, 0.15) is 0 Å². The van der Waals surface area contributed by atoms with E-state index >= 15 is 0 Å². The summed E-state index contributed by atoms with van der Waals surface area (Å²) in [6.07, 6.45) is -2.66. The van der Waals surface area contributed by atoms with Gasteiger partial charge in [-0.15, -0.1) is 0 Å². The van der Waals surface area contributed by atoms with Crippen LogP contribution in [-0.2, 0) is 12.7 Å². The van der Waals surface area contributed by atoms with Crippen LogP contribution in [0.4, 0.5) is 23.7 Å². The van der Waals surface area contributed by atoms with E-state index in [0.29, 0.717) is 5.69 Å². The molecular formula is C24H19F3N4O. The standard InChI is InChI=1S/C24H19F3N4O/c25-24(26,27)19-10-7-11-20(14-19)29-23(32)28-15-18-16-31(21-12-5-2-6-13-21)30-22(18)17-8-3-1-4-9-17/h1-14,16H,15H2,(H2,28,29,32). The zero-order valence-corrected chi connectivity index (χ0v) is 16.8. The Bertz CT molecular complexity index is 1200. The molecule has 8 heteroatoms. The number of anilines is 1. The monoisotopic (exact) mass is 436 g/mol. The smallest absolute Gasteiger partial charge is 0.334 e. The molecule has 32 heavy (non-hydrogen) atoms. The lowest BCUT2D eigenvalue weighted by Crippen LogP contribution is -2.28. The average Bonchev–Trinajstić information content (AvgIpc) is 3.23. The second kappa shape index (κ2) is 8.97. The minimum Gasteiger partial charge on any atom is -0.334 e. The van der Waals surface area contributed by atoms with Gasteiger partial charge in [0.15, 0.2) is 0 Å². The van der Waals surface area contributed by atoms with Gasteiger partial charge in [-0.1, -0.05) is 54.6 Å². The van der Waals surface area contributed by atoms with Gasteiger partial charge in [-0.05, 0) is 30.3 Å². The molecule has 0 fully saturated rings. The molecule has 0 unspecified atom stereocenters. The van der Waals surface area contributed by atoms with Gasteiger partial charge >= 0.3 is 12.2 Å². The molecule has 0 aliphatic heterocycles. The predicted molar refractivity (Wildman–Crippen MR) is 116 cm³/mol. The summed E-state index contributed by atoms with van der Waals surface area (Å²) in [6.45, 7) is 0.141. The van der Waals surface area contributed by atoms with Crippen molar-refractivity contribution in [3.63, 3.8) is 0 Å². The summed E-state index contributed by atoms with van der Waals surface area (Å²) in [6, 6.07) is 23.0. The summed E-state index contributed by atoms with van der Waals surface area (Å²) in [7, 11) is 0. The third-order valence-corrected chi connectivity index (χ3v) is 4.75. The van der Waals surface area contributed by atoms with E-state index in [1.165, 1.54) is 12.1 Å². The van der Waals surface area contributed by atoms with Crippen molar-refractivity contribution in [1.82, 2.24) is 15.1 Å². The van der Waals surface area contributed by atoms with E-state index in [-0.39, 0.29) is 12.2 Å². The first-order chi connectivity index (χ1) is 15.4. The maximum absolute atomic E-state index is 12.9. The fourth-order valence-electron chi connectivity index (χ4n) is 3.22. The van der Waals surface area contributed by atoms with E-state index < -0.39 is 17.8 Å². The lowest BCUT2D eigenvalue weighted by Gasteiger charge is -2.11. The van der Waals surface area contributed by atoms with E-state index in [1.54, 1.807) is 4.68 Å². The number of urea groups is 1. The largest absolute Gasteiger partial charge is 0.416 e. The van der Waals surface area contributed by atoms with Crippen molar-refractivity contribution < 1.29 is 18.0 Å². The quantitative estimate of drug-likeness (QED) is 0.411. The fourth-order valence-corrected chi connectivity index (χ4v) is 3.22. The Kier molecular flexibility index (Phi) is 5.93. The van der Waals surface area contributed by atoms with Gasteiger partial charge in [-0.3, -0.25) is 0 Å². The maximum atomic E-state index is 12.9. The highest BCUT2D eigenvalue weighted by Crippen LogP contribution is 2.30. The van der Waals surface area contributed by atoms with Gasteiger partial charge in [0.05, 0.1) is 16.9 Å². The minimum absolute atomic E-state index is 0.0561. The molecular weight excluding hydrogens is 417 g/mol. The molecule has 3 aromatic carbocycles. The predicted octanol–water partition coefficient (Wildman–Crippen LogP) is 5.88. The first-order valence-electron chi connectivity index (χ1n) is 9.81. The normalized spacial score (nSPS) is 11.2. The minimum atomic E-state index is -4.48. The Labute approximate surface area is 182 Å². The summed E-state index contributed by atoms with van der Waals surface area (Å²) in [5.41, 5.74) is 2.45. The molecule has 0 aliphatic carbocycles. The molecule has 0 saturated heterocycles. The zero-order valence-electron chi connectivity index (χ0n) is 16.8. The lowest BCUT2D eigenvalue weighted by molar-refractivity contribution is -0.137. The first kappa shape index (κ1) is 21.2. The summed E-state index contributed by atoms with van der Waals surface area (Å²) < 4.78 is 40.4. The second-order valence-electron chi connectivity index (χ2n) is 7.04. The summed E-state index contributed by atoms with van der Waals surface area (Å²) >= 11 is 0. The van der Waals surface area contributed by atoms with Crippen LogP contribution in [0.3, 0.4) is 0 Å². The van der Waals surface area contributed by atoms with Crippen LogP contribution in [0, 0.1) is 0 Å². The van der Waals surface area contributed by atoms with Crippen molar-refractivity contribution in [2.75, 3.05) is 5.32 Å². The van der Waals surface area contributed by atoms with Crippen LogP contribution < -0.4 is 10.6 Å². The number of rotatable bonds is 5. The molecule has 2 N–H and O–H groups in total. The number of hydrogen-bond acceptors (Lipinski definition) is 2. The summed E-state index contributed by atoms with van der Waals surface area (Å²) in [5.74, 6) is 0. The van der Waals surface area contributed by atoms with E-state index in [1.807, 2.05) is 66.9 Å². The van der Waals surface area contributed by atoms with Crippen LogP contribution in [0.2, 0.25) is 0 Å². The van der Waals surface area contributed by atoms with Crippen LogP contribution >= 0.6 is 0 Å². The van der Waals surface area contributed by atoms with E-state index in [9.17, 15) is 18.0 Å². The molecule has 4 aromatic rings. The number of halogens is 3. The number of alkyl halides is 3. The van der Waals surface area contributed by atoms with Crippen molar-refractivity contribution >= 4 is 11.7 Å². The number of amides is 2. The molecule has 0 spiro atoms. The van der Waals surface area contributed by atoms with Gasteiger partial charge in [-0.2, -0.15) is 18.3 Å². The fraction of sp³-hybridized carbons (Fsp3) is 0.0833. The highest BCUT2D eigenvalue weighted by molar-refractivity contribution is 5.89. The second-order valence-corrected chi connectivity index (χ2v) is 7.04. The van der Waals surface area contributed by atoms with E-state index in [2.05, 4.69) is 15.7 Å². The van der Waals surface area contributed by atoms with Crippen LogP contribution in [0.25, 0.3) is 16.9 Å². The Morgan fingerprint density at radius 3 is 2.28 bits per heavy atom. The van der Waals surface area contributed by atoms with E-state index in [4.69, 9.17) is 0 Å². The van der Waals surface area contributed by atoms with Crippen LogP contribution in [0.5, 0.6) is 0 Å². The molecule has 4 rings (SSSR count). The topological polar surface area (TPSA) is 59.0 Å². The van der Waals surface area contributed by atoms with Crippen molar-refractivity contribution in [2.24, 2.45) is 0 Å². The molecule has 1 heterocycles. The molecule has 0 bridgehead atoms. The molecule has 0 atom stereocenters. The van der Waals surface area contributed by atoms with Gasteiger partial charge < -0.3 is 10.6 Å². The number of nitrogens with zero attached hydrogens (tertiary/aromatic N) is 2. The number of benzene rings is 3. The molecule has 0 radical (unpaired) electrons. The third kappa shape index (κ3) is 4.97. The number of nitrogens with one attached hydrogen (secondary N) is 2. The Balaban J connectivity index is 1.52. The maximum Gasteiger partial charge on any atom is 0.416 e. The van der Waals surface area contributed by atoms with Crippen molar-refractivity contribution in [1.29, 1.82) is 0 Å². The van der Waals surface area contributed by atoms with Crippen molar-refractivity contribution in [3.05, 3.63) is 102 Å². The molecule has 0 aliphatic rings. The van der Waals surface area contributed by atoms with Gasteiger partial charge in [0.25, 0.3) is 0 Å². The van der Waals surface area contributed by atoms with Gasteiger partial charge in [0.2, 0.25) is 0 Å². The average molecular weight is 436 g/mol. The Hall–Kier alpha value is -4.07. The molecule has 5 nitrogen and oxygen atoms in total. The molecule has 162 valence electrons. The van der Waals surface area contributed by atoms with Crippen molar-refractivity contribution in [2.45, 2.75) is 12.7 Å². The number of hydrogen-bond donors (Lipinski definition) is 2. The van der Waals surface area contributed by atoms with Crippen LogP contribution in [0.1, 0.15) is 11.1 Å². The SMILES string of the molecule is O=C(NCc1cn(-c2ccccc2)nc1-c1ccccc1)Nc1cccc(C(F)(F)F)c1. The highest BCUT2D eigenvalue weighted by atomic mass is 19.4. The molecule has 1 aromatic heterocycles. The first-order valence-corrected chi connectivity index (χ1v) is 9.81. The van der Waals surface area contributed by atoms with E-state index in [0.717, 1.165) is 28.9 Å². The van der Waals surface area contributed by atoms with Crippen LogP contribution in [0.15, 0.2) is 91.1 Å². The van der Waals surface area contributed by atoms with Crippen LogP contribution in [-0.4, -0.2) is 15.8 Å². The number of carbonyl (C=O) groups is 1.